The molecule has 2 aromatic rings. The van der Waals surface area contributed by atoms with Crippen molar-refractivity contribution in [2.45, 2.75) is 58.0 Å². The Balaban J connectivity index is 1.87. The summed E-state index contributed by atoms with van der Waals surface area (Å²) in [7, 11) is 0. The molecule has 1 N–H and O–H groups in total. The van der Waals surface area contributed by atoms with Gasteiger partial charge in [-0.25, -0.2) is 4.98 Å². The molecule has 2 heterocycles. The van der Waals surface area contributed by atoms with Crippen LogP contribution in [0.15, 0.2) is 17.5 Å². The van der Waals surface area contributed by atoms with E-state index in [1.165, 1.54) is 33.3 Å². The summed E-state index contributed by atoms with van der Waals surface area (Å²) in [5.41, 5.74) is 1.22. The molecule has 1 fully saturated rings. The molecule has 4 heteroatoms. The smallest absolute Gasteiger partial charge is 0.115 e. The second-order valence-electron chi connectivity index (χ2n) is 5.80. The second kappa shape index (κ2) is 5.96. The van der Waals surface area contributed by atoms with E-state index in [9.17, 15) is 0 Å². The van der Waals surface area contributed by atoms with Gasteiger partial charge in [-0.15, -0.1) is 22.7 Å². The predicted molar refractivity (Wildman–Crippen MR) is 87.9 cm³/mol. The third-order valence-corrected chi connectivity index (χ3v) is 5.90. The fraction of sp³-hybridized carbons (Fsp3) is 0.562. The lowest BCUT2D eigenvalue weighted by molar-refractivity contribution is 0.603. The van der Waals surface area contributed by atoms with Gasteiger partial charge in [0.1, 0.15) is 5.01 Å². The highest BCUT2D eigenvalue weighted by Gasteiger charge is 2.28. The van der Waals surface area contributed by atoms with Crippen LogP contribution in [0.5, 0.6) is 0 Å². The molecular weight excluding hydrogens is 284 g/mol. The number of nitrogens with one attached hydrogen (secondary N) is 1. The summed E-state index contributed by atoms with van der Waals surface area (Å²) in [6.45, 7) is 6.64. The highest BCUT2D eigenvalue weighted by molar-refractivity contribution is 7.12. The van der Waals surface area contributed by atoms with Crippen molar-refractivity contribution in [2.75, 3.05) is 0 Å². The standard InChI is InChI=1S/C16H22N2S2/c1-4-12-7-8-14(20-12)15(17-11-5-6-11)16-18-13(9-19-16)10(2)3/h7-11,15,17H,4-6H2,1-3H3. The Labute approximate surface area is 129 Å². The molecule has 1 saturated carbocycles. The van der Waals surface area contributed by atoms with Gasteiger partial charge in [0.2, 0.25) is 0 Å². The van der Waals surface area contributed by atoms with Gasteiger partial charge in [0, 0.05) is 21.2 Å². The lowest BCUT2D eigenvalue weighted by Gasteiger charge is -2.14. The van der Waals surface area contributed by atoms with Crippen molar-refractivity contribution in [1.29, 1.82) is 0 Å². The Morgan fingerprint density at radius 2 is 2.15 bits per heavy atom. The number of nitrogens with zero attached hydrogens (tertiary/aromatic N) is 1. The van der Waals surface area contributed by atoms with Crippen LogP contribution >= 0.6 is 22.7 Å². The number of thiazole rings is 1. The first-order valence-corrected chi connectivity index (χ1v) is 9.17. The SMILES string of the molecule is CCc1ccc(C(NC2CC2)c2nc(C(C)C)cs2)s1. The average Bonchev–Trinajstić information content (AvgIpc) is 2.96. The van der Waals surface area contributed by atoms with Crippen LogP contribution in [0, 0.1) is 0 Å². The Morgan fingerprint density at radius 1 is 1.35 bits per heavy atom. The maximum absolute atomic E-state index is 4.87. The zero-order valence-corrected chi connectivity index (χ0v) is 14.0. The molecule has 0 amide bonds. The summed E-state index contributed by atoms with van der Waals surface area (Å²) in [4.78, 5) is 7.74. The van der Waals surface area contributed by atoms with Gasteiger partial charge in [-0.3, -0.25) is 0 Å². The third-order valence-electron chi connectivity index (χ3n) is 3.67. The van der Waals surface area contributed by atoms with Gasteiger partial charge in [-0.05, 0) is 37.3 Å². The summed E-state index contributed by atoms with van der Waals surface area (Å²) in [6, 6.07) is 5.53. The molecule has 0 radical (unpaired) electrons. The summed E-state index contributed by atoms with van der Waals surface area (Å²) >= 11 is 3.73. The van der Waals surface area contributed by atoms with Crippen molar-refractivity contribution < 1.29 is 0 Å². The maximum Gasteiger partial charge on any atom is 0.115 e. The number of hydrogen-bond acceptors (Lipinski definition) is 4. The van der Waals surface area contributed by atoms with E-state index in [-0.39, 0.29) is 0 Å². The van der Waals surface area contributed by atoms with Gasteiger partial charge in [0.15, 0.2) is 0 Å². The van der Waals surface area contributed by atoms with E-state index >= 15 is 0 Å². The van der Waals surface area contributed by atoms with E-state index in [4.69, 9.17) is 4.98 Å². The normalized spacial score (nSPS) is 16.8. The number of aryl methyl sites for hydroxylation is 1. The number of aromatic nitrogens is 1. The van der Waals surface area contributed by atoms with Crippen molar-refractivity contribution in [3.8, 4) is 0 Å². The molecule has 3 rings (SSSR count). The predicted octanol–water partition coefficient (Wildman–Crippen LogP) is 4.73. The maximum atomic E-state index is 4.87. The van der Waals surface area contributed by atoms with Gasteiger partial charge >= 0.3 is 0 Å². The van der Waals surface area contributed by atoms with Crippen molar-refractivity contribution in [1.82, 2.24) is 10.3 Å². The Morgan fingerprint density at radius 3 is 2.70 bits per heavy atom. The first-order valence-electron chi connectivity index (χ1n) is 7.47. The molecule has 0 aliphatic heterocycles. The van der Waals surface area contributed by atoms with Crippen LogP contribution in [0.4, 0.5) is 0 Å². The van der Waals surface area contributed by atoms with Crippen LogP contribution in [0.3, 0.4) is 0 Å². The van der Waals surface area contributed by atoms with E-state index in [0.717, 1.165) is 6.42 Å². The van der Waals surface area contributed by atoms with E-state index in [1.807, 2.05) is 11.3 Å². The molecule has 0 spiro atoms. The van der Waals surface area contributed by atoms with Crippen molar-refractivity contribution in [3.63, 3.8) is 0 Å². The molecule has 1 atom stereocenters. The average molecular weight is 306 g/mol. The summed E-state index contributed by atoms with van der Waals surface area (Å²) < 4.78 is 0. The number of thiophene rings is 1. The molecule has 0 bridgehead atoms. The Kier molecular flexibility index (Phi) is 4.24. The van der Waals surface area contributed by atoms with Crippen molar-refractivity contribution >= 4 is 22.7 Å². The lowest BCUT2D eigenvalue weighted by atomic mass is 10.1. The molecule has 1 aliphatic rings. The minimum absolute atomic E-state index is 0.297. The molecule has 1 unspecified atom stereocenters. The molecule has 0 aromatic carbocycles. The van der Waals surface area contributed by atoms with Crippen LogP contribution < -0.4 is 5.32 Å². The fourth-order valence-electron chi connectivity index (χ4n) is 2.20. The van der Waals surface area contributed by atoms with Crippen LogP contribution in [-0.2, 0) is 6.42 Å². The Bertz CT molecular complexity index is 567. The summed E-state index contributed by atoms with van der Waals surface area (Å²) in [5, 5.41) is 7.22. The van der Waals surface area contributed by atoms with Crippen LogP contribution in [0.25, 0.3) is 0 Å². The summed E-state index contributed by atoms with van der Waals surface area (Å²) in [5.74, 6) is 0.510. The zero-order chi connectivity index (χ0) is 14.1. The number of hydrogen-bond donors (Lipinski definition) is 1. The number of rotatable bonds is 6. The van der Waals surface area contributed by atoms with E-state index < -0.39 is 0 Å². The fourth-order valence-corrected chi connectivity index (χ4v) is 4.35. The molecule has 2 nitrogen and oxygen atoms in total. The van der Waals surface area contributed by atoms with Crippen LogP contribution in [0.1, 0.15) is 66.0 Å². The highest BCUT2D eigenvalue weighted by Crippen LogP contribution is 2.34. The van der Waals surface area contributed by atoms with Gasteiger partial charge < -0.3 is 5.32 Å². The molecule has 20 heavy (non-hydrogen) atoms. The monoisotopic (exact) mass is 306 g/mol. The first-order chi connectivity index (χ1) is 9.67. The van der Waals surface area contributed by atoms with Gasteiger partial charge in [0.05, 0.1) is 11.7 Å². The minimum Gasteiger partial charge on any atom is -0.301 e. The lowest BCUT2D eigenvalue weighted by Crippen LogP contribution is -2.23. The van der Waals surface area contributed by atoms with E-state index in [1.54, 1.807) is 11.3 Å². The topological polar surface area (TPSA) is 24.9 Å². The Hall–Kier alpha value is -0.710. The van der Waals surface area contributed by atoms with E-state index in [0.29, 0.717) is 18.0 Å². The van der Waals surface area contributed by atoms with Crippen molar-refractivity contribution in [2.24, 2.45) is 0 Å². The van der Waals surface area contributed by atoms with Gasteiger partial charge in [-0.2, -0.15) is 0 Å². The third kappa shape index (κ3) is 3.13. The van der Waals surface area contributed by atoms with Gasteiger partial charge in [0.25, 0.3) is 0 Å². The quantitative estimate of drug-likeness (QED) is 0.834. The molecule has 108 valence electrons. The van der Waals surface area contributed by atoms with Crippen LogP contribution in [0.2, 0.25) is 0 Å². The van der Waals surface area contributed by atoms with Crippen LogP contribution in [-0.4, -0.2) is 11.0 Å². The molecule has 0 saturated heterocycles. The highest BCUT2D eigenvalue weighted by atomic mass is 32.1. The van der Waals surface area contributed by atoms with E-state index in [2.05, 4.69) is 43.6 Å². The molecule has 1 aliphatic carbocycles. The minimum atomic E-state index is 0.297. The molecular formula is C16H22N2S2. The second-order valence-corrected chi connectivity index (χ2v) is 7.89. The summed E-state index contributed by atoms with van der Waals surface area (Å²) in [6.07, 6.45) is 3.74. The van der Waals surface area contributed by atoms with Gasteiger partial charge in [-0.1, -0.05) is 20.8 Å². The molecule has 2 aromatic heterocycles. The van der Waals surface area contributed by atoms with Crippen molar-refractivity contribution in [3.05, 3.63) is 38.0 Å². The largest absolute Gasteiger partial charge is 0.301 e. The first kappa shape index (κ1) is 14.2. The zero-order valence-electron chi connectivity index (χ0n) is 12.3.